The summed E-state index contributed by atoms with van der Waals surface area (Å²) >= 11 is 0. The van der Waals surface area contributed by atoms with Gasteiger partial charge in [-0.2, -0.15) is 8.78 Å². The quantitative estimate of drug-likeness (QED) is 0.554. The van der Waals surface area contributed by atoms with Gasteiger partial charge in [0.15, 0.2) is 11.5 Å². The highest BCUT2D eigenvalue weighted by Crippen LogP contribution is 2.38. The Bertz CT molecular complexity index is 1090. The first kappa shape index (κ1) is 25.9. The Morgan fingerprint density at radius 2 is 1.83 bits per heavy atom. The van der Waals surface area contributed by atoms with Crippen molar-refractivity contribution in [3.8, 4) is 11.5 Å². The topological polar surface area (TPSA) is 105 Å². The van der Waals surface area contributed by atoms with Gasteiger partial charge in [-0.3, -0.25) is 9.59 Å². The van der Waals surface area contributed by atoms with Gasteiger partial charge in [0.2, 0.25) is 11.8 Å². The summed E-state index contributed by atoms with van der Waals surface area (Å²) in [6, 6.07) is 10.2. The minimum absolute atomic E-state index is 0.000257. The number of amides is 2. The number of alkyl halides is 2. The van der Waals surface area contributed by atoms with Crippen LogP contribution >= 0.6 is 0 Å². The summed E-state index contributed by atoms with van der Waals surface area (Å²) in [5, 5.41) is 12.1. The van der Waals surface area contributed by atoms with E-state index in [4.69, 9.17) is 4.74 Å². The number of nitrogens with one attached hydrogen (secondary N) is 1. The predicted molar refractivity (Wildman–Crippen MR) is 123 cm³/mol. The van der Waals surface area contributed by atoms with Crippen molar-refractivity contribution in [2.24, 2.45) is 0 Å². The lowest BCUT2D eigenvalue weighted by Crippen LogP contribution is -2.45. The number of likely N-dealkylation sites (tertiary alicyclic amines) is 1. The zero-order valence-electron chi connectivity index (χ0n) is 19.7. The van der Waals surface area contributed by atoms with Gasteiger partial charge in [-0.1, -0.05) is 24.3 Å². The summed E-state index contributed by atoms with van der Waals surface area (Å²) in [6.07, 6.45) is 0.0251. The fourth-order valence-corrected chi connectivity index (χ4v) is 4.18. The molecule has 1 aliphatic heterocycles. The molecule has 2 aromatic rings. The molecule has 188 valence electrons. The van der Waals surface area contributed by atoms with E-state index in [1.165, 1.54) is 24.0 Å². The van der Waals surface area contributed by atoms with Crippen molar-refractivity contribution in [2.75, 3.05) is 6.54 Å². The molecule has 0 bridgehead atoms. The minimum Gasteiger partial charge on any atom is -0.487 e. The Kier molecular flexibility index (Phi) is 8.26. The summed E-state index contributed by atoms with van der Waals surface area (Å²) in [7, 11) is 0. The Labute approximate surface area is 201 Å². The molecular weight excluding hydrogens is 462 g/mol. The van der Waals surface area contributed by atoms with Gasteiger partial charge >= 0.3 is 12.6 Å². The van der Waals surface area contributed by atoms with Crippen LogP contribution in [0.15, 0.2) is 42.5 Å². The maximum Gasteiger partial charge on any atom is 0.387 e. The van der Waals surface area contributed by atoms with Crippen molar-refractivity contribution in [3.63, 3.8) is 0 Å². The normalized spacial score (nSPS) is 17.5. The molecule has 0 aromatic heterocycles. The average Bonchev–Trinajstić information content (AvgIpc) is 3.24. The molecule has 1 aliphatic rings. The van der Waals surface area contributed by atoms with Crippen LogP contribution in [0, 0.1) is 0 Å². The van der Waals surface area contributed by atoms with E-state index in [1.807, 2.05) is 0 Å². The SMILES string of the molecule is CC(=O)N1CC(c2ccc(OC(F)F)c(OC(C)C)c2)C[C@@H]1C(=O)NCc1ccccc1C(=O)O. The van der Waals surface area contributed by atoms with Crippen LogP contribution in [0.4, 0.5) is 8.78 Å². The Morgan fingerprint density at radius 1 is 1.11 bits per heavy atom. The van der Waals surface area contributed by atoms with Crippen LogP contribution < -0.4 is 14.8 Å². The van der Waals surface area contributed by atoms with Gasteiger partial charge in [-0.05, 0) is 49.6 Å². The molecule has 1 unspecified atom stereocenters. The van der Waals surface area contributed by atoms with Gasteiger partial charge < -0.3 is 24.8 Å². The van der Waals surface area contributed by atoms with Crippen LogP contribution in [0.5, 0.6) is 11.5 Å². The zero-order valence-corrected chi connectivity index (χ0v) is 19.7. The van der Waals surface area contributed by atoms with Crippen LogP contribution in [-0.2, 0) is 16.1 Å². The molecule has 0 radical (unpaired) electrons. The molecule has 8 nitrogen and oxygen atoms in total. The molecular formula is C25H28F2N2O6. The number of rotatable bonds is 9. The second-order valence-corrected chi connectivity index (χ2v) is 8.55. The highest BCUT2D eigenvalue weighted by Gasteiger charge is 2.39. The van der Waals surface area contributed by atoms with Gasteiger partial charge in [0, 0.05) is 25.9 Å². The zero-order chi connectivity index (χ0) is 25.7. The Balaban J connectivity index is 1.78. The predicted octanol–water partition coefficient (Wildman–Crippen LogP) is 3.79. The van der Waals surface area contributed by atoms with Gasteiger partial charge in [0.05, 0.1) is 11.7 Å². The van der Waals surface area contributed by atoms with Crippen molar-refractivity contribution >= 4 is 17.8 Å². The first-order valence-corrected chi connectivity index (χ1v) is 11.2. The molecule has 3 rings (SSSR count). The van der Waals surface area contributed by atoms with E-state index in [9.17, 15) is 28.3 Å². The summed E-state index contributed by atoms with van der Waals surface area (Å²) < 4.78 is 35.8. The maximum atomic E-state index is 13.0. The van der Waals surface area contributed by atoms with Crippen molar-refractivity contribution < 1.29 is 37.7 Å². The monoisotopic (exact) mass is 490 g/mol. The number of carboxylic acids is 1. The number of aromatic carboxylic acids is 1. The summed E-state index contributed by atoms with van der Waals surface area (Å²) in [5.41, 5.74) is 1.26. The molecule has 0 aliphatic carbocycles. The second kappa shape index (κ2) is 11.2. The third-order valence-electron chi connectivity index (χ3n) is 5.73. The van der Waals surface area contributed by atoms with E-state index < -0.39 is 24.5 Å². The van der Waals surface area contributed by atoms with E-state index in [0.717, 1.165) is 5.56 Å². The highest BCUT2D eigenvalue weighted by molar-refractivity contribution is 5.90. The number of ether oxygens (including phenoxy) is 2. The third-order valence-corrected chi connectivity index (χ3v) is 5.73. The van der Waals surface area contributed by atoms with Gasteiger partial charge in [-0.15, -0.1) is 0 Å². The number of nitrogens with zero attached hydrogens (tertiary/aromatic N) is 1. The van der Waals surface area contributed by atoms with E-state index in [-0.39, 0.29) is 48.1 Å². The van der Waals surface area contributed by atoms with Crippen LogP contribution in [0.2, 0.25) is 0 Å². The molecule has 1 saturated heterocycles. The van der Waals surface area contributed by atoms with Crippen molar-refractivity contribution in [3.05, 3.63) is 59.2 Å². The highest BCUT2D eigenvalue weighted by atomic mass is 19.3. The lowest BCUT2D eigenvalue weighted by Gasteiger charge is -2.22. The third kappa shape index (κ3) is 6.46. The van der Waals surface area contributed by atoms with E-state index in [0.29, 0.717) is 12.0 Å². The van der Waals surface area contributed by atoms with Crippen LogP contribution in [-0.4, -0.2) is 53.1 Å². The molecule has 1 heterocycles. The van der Waals surface area contributed by atoms with Crippen LogP contribution in [0.1, 0.15) is 54.6 Å². The number of halogens is 2. The molecule has 0 spiro atoms. The summed E-state index contributed by atoms with van der Waals surface area (Å²) in [4.78, 5) is 38.2. The summed E-state index contributed by atoms with van der Waals surface area (Å²) in [6.45, 7) is 2.14. The first-order chi connectivity index (χ1) is 16.6. The summed E-state index contributed by atoms with van der Waals surface area (Å²) in [5.74, 6) is -1.96. The molecule has 35 heavy (non-hydrogen) atoms. The van der Waals surface area contributed by atoms with E-state index in [2.05, 4.69) is 10.1 Å². The number of carbonyl (C=O) groups is 3. The van der Waals surface area contributed by atoms with Crippen LogP contribution in [0.25, 0.3) is 0 Å². The number of carbonyl (C=O) groups excluding carboxylic acids is 2. The fraction of sp³-hybridized carbons (Fsp3) is 0.400. The second-order valence-electron chi connectivity index (χ2n) is 8.55. The molecule has 0 saturated carbocycles. The molecule has 2 aromatic carbocycles. The number of hydrogen-bond donors (Lipinski definition) is 2. The largest absolute Gasteiger partial charge is 0.487 e. The van der Waals surface area contributed by atoms with Crippen molar-refractivity contribution in [2.45, 2.75) is 58.4 Å². The standard InChI is InChI=1S/C25H28F2N2O6/c1-14(2)34-22-11-16(8-9-21(22)35-25(26)27)18-10-20(29(13-18)15(3)30)23(31)28-12-17-6-4-5-7-19(17)24(32)33/h4-9,11,14,18,20,25H,10,12-13H2,1-3H3,(H,28,31)(H,32,33)/t18?,20-/m1/s1. The average molecular weight is 491 g/mol. The van der Waals surface area contributed by atoms with Crippen molar-refractivity contribution in [1.82, 2.24) is 10.2 Å². The van der Waals surface area contributed by atoms with Gasteiger partial charge in [-0.25, -0.2) is 4.79 Å². The maximum absolute atomic E-state index is 13.0. The number of benzene rings is 2. The lowest BCUT2D eigenvalue weighted by molar-refractivity contribution is -0.136. The number of hydrogen-bond acceptors (Lipinski definition) is 5. The first-order valence-electron chi connectivity index (χ1n) is 11.2. The molecule has 2 atom stereocenters. The van der Waals surface area contributed by atoms with Gasteiger partial charge in [0.1, 0.15) is 6.04 Å². The van der Waals surface area contributed by atoms with E-state index >= 15 is 0 Å². The fourth-order valence-electron chi connectivity index (χ4n) is 4.18. The lowest BCUT2D eigenvalue weighted by atomic mass is 9.95. The number of carboxylic acid groups (broad SMARTS) is 1. The Hall–Kier alpha value is -3.69. The minimum atomic E-state index is -3.01. The molecule has 1 fully saturated rings. The smallest absolute Gasteiger partial charge is 0.387 e. The Morgan fingerprint density at radius 3 is 2.46 bits per heavy atom. The molecule has 2 amide bonds. The van der Waals surface area contributed by atoms with E-state index in [1.54, 1.807) is 44.2 Å². The molecule has 10 heteroatoms. The van der Waals surface area contributed by atoms with Gasteiger partial charge in [0.25, 0.3) is 0 Å². The van der Waals surface area contributed by atoms with Crippen LogP contribution in [0.3, 0.4) is 0 Å². The van der Waals surface area contributed by atoms with Crippen molar-refractivity contribution in [1.29, 1.82) is 0 Å². The molecule has 2 N–H and O–H groups in total.